The number of fused-ring (bicyclic) bond motifs is 1. The number of hydrogen-bond acceptors (Lipinski definition) is 3. The lowest BCUT2D eigenvalue weighted by Gasteiger charge is -2.27. The molecule has 0 saturated heterocycles. The molecule has 24 heavy (non-hydrogen) atoms. The number of sulfonamides is 1. The molecule has 0 aliphatic heterocycles. The van der Waals surface area contributed by atoms with Crippen molar-refractivity contribution >= 4 is 10.0 Å². The monoisotopic (exact) mass is 353 g/mol. The maximum absolute atomic E-state index is 13.3. The molecule has 2 aromatic carbocycles. The molecule has 0 atom stereocenters. The van der Waals surface area contributed by atoms with Crippen LogP contribution in [0.15, 0.2) is 47.4 Å². The molecular weight excluding hydrogens is 336 g/mol. The second kappa shape index (κ2) is 6.23. The van der Waals surface area contributed by atoms with Crippen LogP contribution < -0.4 is 4.72 Å². The van der Waals surface area contributed by atoms with Gasteiger partial charge in [0, 0.05) is 32.6 Å². The second-order valence-electron chi connectivity index (χ2n) is 5.94. The third-order valence-electron chi connectivity index (χ3n) is 4.31. The maximum Gasteiger partial charge on any atom is 0.240 e. The van der Waals surface area contributed by atoms with Crippen LogP contribution in [0, 0.1) is 11.6 Å². The molecule has 0 unspecified atom stereocenters. The van der Waals surface area contributed by atoms with E-state index in [1.807, 2.05) is 24.3 Å². The molecule has 0 radical (unpaired) electrons. The summed E-state index contributed by atoms with van der Waals surface area (Å²) in [5.41, 5.74) is 1.51. The molecule has 0 fully saturated rings. The largest absolute Gasteiger partial charge is 0.376 e. The summed E-state index contributed by atoms with van der Waals surface area (Å²) in [5.74, 6) is -1.88. The van der Waals surface area contributed by atoms with E-state index in [1.54, 1.807) is 0 Å². The topological polar surface area (TPSA) is 55.4 Å². The van der Waals surface area contributed by atoms with Crippen LogP contribution in [-0.2, 0) is 27.6 Å². The Labute approximate surface area is 139 Å². The van der Waals surface area contributed by atoms with Crippen LogP contribution >= 0.6 is 0 Å². The zero-order valence-electron chi connectivity index (χ0n) is 13.1. The summed E-state index contributed by atoms with van der Waals surface area (Å²) in [6.45, 7) is 0.0125. The van der Waals surface area contributed by atoms with E-state index in [1.165, 1.54) is 7.11 Å². The van der Waals surface area contributed by atoms with Crippen molar-refractivity contribution in [3.8, 4) is 0 Å². The predicted octanol–water partition coefficient (Wildman–Crippen LogP) is 2.43. The van der Waals surface area contributed by atoms with Gasteiger partial charge in [0.15, 0.2) is 0 Å². The van der Waals surface area contributed by atoms with Crippen LogP contribution in [0.25, 0.3) is 0 Å². The number of ether oxygens (including phenoxy) is 1. The highest BCUT2D eigenvalue weighted by Gasteiger charge is 2.38. The molecule has 3 rings (SSSR count). The Morgan fingerprint density at radius 1 is 1.08 bits per heavy atom. The van der Waals surface area contributed by atoms with Crippen LogP contribution in [0.5, 0.6) is 0 Å². The predicted molar refractivity (Wildman–Crippen MR) is 85.1 cm³/mol. The molecule has 1 N–H and O–H groups in total. The van der Waals surface area contributed by atoms with Gasteiger partial charge >= 0.3 is 0 Å². The van der Waals surface area contributed by atoms with Crippen LogP contribution in [0.4, 0.5) is 8.78 Å². The van der Waals surface area contributed by atoms with Crippen LogP contribution in [0.2, 0.25) is 0 Å². The van der Waals surface area contributed by atoms with Crippen molar-refractivity contribution in [1.82, 2.24) is 4.72 Å². The number of nitrogens with one attached hydrogen (secondary N) is 1. The van der Waals surface area contributed by atoms with Gasteiger partial charge in [0.25, 0.3) is 0 Å². The van der Waals surface area contributed by atoms with Gasteiger partial charge in [0.1, 0.15) is 11.6 Å². The van der Waals surface area contributed by atoms with Crippen LogP contribution in [-0.4, -0.2) is 27.7 Å². The van der Waals surface area contributed by atoms with Gasteiger partial charge in [-0.1, -0.05) is 24.3 Å². The Bertz CT molecular complexity index is 823. The fraction of sp³-hybridized carbons (Fsp3) is 0.294. The zero-order valence-corrected chi connectivity index (χ0v) is 13.9. The quantitative estimate of drug-likeness (QED) is 0.898. The molecule has 0 heterocycles. The van der Waals surface area contributed by atoms with Crippen molar-refractivity contribution in [1.29, 1.82) is 0 Å². The molecule has 0 bridgehead atoms. The summed E-state index contributed by atoms with van der Waals surface area (Å²) >= 11 is 0. The lowest BCUT2D eigenvalue weighted by atomic mass is 10.0. The number of benzene rings is 2. The summed E-state index contributed by atoms with van der Waals surface area (Å²) in [4.78, 5) is -0.443. The van der Waals surface area contributed by atoms with Gasteiger partial charge in [-0.2, -0.15) is 0 Å². The number of halogens is 2. The number of methoxy groups -OCH3 is 1. The molecule has 0 aromatic heterocycles. The Balaban J connectivity index is 1.79. The third kappa shape index (κ3) is 3.33. The molecule has 4 nitrogen and oxygen atoms in total. The standard InChI is InChI=1S/C17H17F2NO3S/c1-23-17(9-12-4-2-3-5-13(12)10-17)11-20-24(21,22)16-7-14(18)6-15(19)8-16/h2-8,20H,9-11H2,1H3. The van der Waals surface area contributed by atoms with Crippen molar-refractivity contribution in [2.24, 2.45) is 0 Å². The normalized spacial score (nSPS) is 16.1. The maximum atomic E-state index is 13.3. The molecule has 7 heteroatoms. The average molecular weight is 353 g/mol. The molecule has 128 valence electrons. The van der Waals surface area contributed by atoms with Crippen molar-refractivity contribution < 1.29 is 21.9 Å². The van der Waals surface area contributed by atoms with E-state index in [4.69, 9.17) is 4.74 Å². The molecular formula is C17H17F2NO3S. The summed E-state index contributed by atoms with van der Waals surface area (Å²) in [6.07, 6.45) is 1.14. The van der Waals surface area contributed by atoms with E-state index in [0.717, 1.165) is 23.3 Å². The highest BCUT2D eigenvalue weighted by molar-refractivity contribution is 7.89. The SMILES string of the molecule is COC1(CNS(=O)(=O)c2cc(F)cc(F)c2)Cc2ccccc2C1. The molecule has 0 amide bonds. The third-order valence-corrected chi connectivity index (χ3v) is 5.69. The second-order valence-corrected chi connectivity index (χ2v) is 7.71. The molecule has 0 saturated carbocycles. The van der Waals surface area contributed by atoms with E-state index in [0.29, 0.717) is 18.9 Å². The highest BCUT2D eigenvalue weighted by atomic mass is 32.2. The minimum atomic E-state index is -4.04. The van der Waals surface area contributed by atoms with E-state index < -0.39 is 32.2 Å². The summed E-state index contributed by atoms with van der Waals surface area (Å²) in [5, 5.41) is 0. The van der Waals surface area contributed by atoms with Gasteiger partial charge in [-0.05, 0) is 23.3 Å². The van der Waals surface area contributed by atoms with Gasteiger partial charge in [0.05, 0.1) is 10.5 Å². The van der Waals surface area contributed by atoms with Crippen molar-refractivity contribution in [3.05, 3.63) is 65.2 Å². The average Bonchev–Trinajstić information content (AvgIpc) is 2.91. The molecule has 0 spiro atoms. The van der Waals surface area contributed by atoms with Gasteiger partial charge in [-0.3, -0.25) is 0 Å². The minimum Gasteiger partial charge on any atom is -0.376 e. The van der Waals surface area contributed by atoms with Crippen LogP contribution in [0.3, 0.4) is 0 Å². The fourth-order valence-electron chi connectivity index (χ4n) is 2.99. The van der Waals surface area contributed by atoms with E-state index >= 15 is 0 Å². The fourth-order valence-corrected chi connectivity index (χ4v) is 4.15. The Kier molecular flexibility index (Phi) is 4.42. The number of rotatable bonds is 5. The lowest BCUT2D eigenvalue weighted by molar-refractivity contribution is 0.00378. The van der Waals surface area contributed by atoms with Crippen LogP contribution in [0.1, 0.15) is 11.1 Å². The van der Waals surface area contributed by atoms with E-state index in [9.17, 15) is 17.2 Å². The minimum absolute atomic E-state index is 0.0125. The lowest BCUT2D eigenvalue weighted by Crippen LogP contribution is -2.45. The summed E-state index contributed by atoms with van der Waals surface area (Å²) < 4.78 is 59.2. The zero-order chi connectivity index (χ0) is 17.4. The summed E-state index contributed by atoms with van der Waals surface area (Å²) in [7, 11) is -2.51. The molecule has 1 aliphatic rings. The Hall–Kier alpha value is -1.83. The number of hydrogen-bond donors (Lipinski definition) is 1. The summed E-state index contributed by atoms with van der Waals surface area (Å²) in [6, 6.07) is 10.00. The Morgan fingerprint density at radius 2 is 1.62 bits per heavy atom. The van der Waals surface area contributed by atoms with E-state index in [-0.39, 0.29) is 6.54 Å². The van der Waals surface area contributed by atoms with Gasteiger partial charge < -0.3 is 4.74 Å². The van der Waals surface area contributed by atoms with Gasteiger partial charge in [0.2, 0.25) is 10.0 Å². The first-order valence-electron chi connectivity index (χ1n) is 7.41. The first kappa shape index (κ1) is 17.0. The first-order chi connectivity index (χ1) is 11.3. The van der Waals surface area contributed by atoms with E-state index in [2.05, 4.69) is 4.72 Å². The van der Waals surface area contributed by atoms with Crippen molar-refractivity contribution in [2.45, 2.75) is 23.3 Å². The first-order valence-corrected chi connectivity index (χ1v) is 8.90. The molecule has 1 aliphatic carbocycles. The smallest absolute Gasteiger partial charge is 0.240 e. The Morgan fingerprint density at radius 3 is 2.12 bits per heavy atom. The van der Waals surface area contributed by atoms with Gasteiger partial charge in [-0.15, -0.1) is 0 Å². The highest BCUT2D eigenvalue weighted by Crippen LogP contribution is 2.32. The van der Waals surface area contributed by atoms with Crippen molar-refractivity contribution in [3.63, 3.8) is 0 Å². The molecule has 2 aromatic rings. The van der Waals surface area contributed by atoms with Crippen molar-refractivity contribution in [2.75, 3.05) is 13.7 Å². The van der Waals surface area contributed by atoms with Gasteiger partial charge in [-0.25, -0.2) is 21.9 Å².